The summed E-state index contributed by atoms with van der Waals surface area (Å²) in [5, 5.41) is 0. The van der Waals surface area contributed by atoms with Crippen molar-refractivity contribution in [2.24, 2.45) is 11.8 Å². The Labute approximate surface area is 448 Å². The smallest absolute Gasteiger partial charge is 0.131 e. The van der Waals surface area contributed by atoms with E-state index in [1.165, 1.54) is 252 Å². The van der Waals surface area contributed by atoms with E-state index in [0.717, 1.165) is 61.7 Å². The molecule has 6 rings (SSSR count). The Balaban J connectivity index is 1.01. The Kier molecular flexibility index (Phi) is 28.6. The van der Waals surface area contributed by atoms with Gasteiger partial charge in [-0.3, -0.25) is 0 Å². The average molecular weight is 996 g/mol. The summed E-state index contributed by atoms with van der Waals surface area (Å²) >= 11 is 0. The first-order chi connectivity index (χ1) is 36.0. The molecule has 0 radical (unpaired) electrons. The fourth-order valence-corrected chi connectivity index (χ4v) is 12.3. The third kappa shape index (κ3) is 22.3. The molecule has 5 nitrogen and oxygen atoms in total. The van der Waals surface area contributed by atoms with Crippen LogP contribution in [0.2, 0.25) is 0 Å². The molecule has 2 fully saturated rings. The van der Waals surface area contributed by atoms with Crippen molar-refractivity contribution in [3.8, 4) is 11.5 Å². The van der Waals surface area contributed by atoms with Crippen LogP contribution in [0.4, 0.5) is 0 Å². The monoisotopic (exact) mass is 995 g/mol. The zero-order valence-corrected chi connectivity index (χ0v) is 47.6. The number of hydrogen-bond donors (Lipinski definition) is 0. The van der Waals surface area contributed by atoms with E-state index in [1.807, 2.05) is 0 Å². The van der Waals surface area contributed by atoms with Gasteiger partial charge in [-0.1, -0.05) is 193 Å². The highest BCUT2D eigenvalue weighted by atomic mass is 16.5. The van der Waals surface area contributed by atoms with Gasteiger partial charge in [0.15, 0.2) is 0 Å². The van der Waals surface area contributed by atoms with Gasteiger partial charge in [-0.15, -0.1) is 0 Å². The molecule has 0 atom stereocenters. The third-order valence-corrected chi connectivity index (χ3v) is 17.1. The molecule has 2 aromatic heterocycles. The number of hydrogen-bond acceptors (Lipinski definition) is 5. The minimum Gasteiger partial charge on any atom is -0.457 e. The zero-order valence-electron chi connectivity index (χ0n) is 47.6. The minimum absolute atomic E-state index is 0.476. The lowest BCUT2D eigenvalue weighted by Gasteiger charge is -2.29. The topological polar surface area (TPSA) is 60.8 Å². The molecular weight excluding hydrogens is 889 g/mol. The largest absolute Gasteiger partial charge is 0.457 e. The number of ether oxygens (including phenoxy) is 1. The molecule has 0 unspecified atom stereocenters. The van der Waals surface area contributed by atoms with Crippen LogP contribution in [0, 0.1) is 11.8 Å². The molecule has 0 amide bonds. The molecule has 0 spiro atoms. The summed E-state index contributed by atoms with van der Waals surface area (Å²) < 4.78 is 7.19. The van der Waals surface area contributed by atoms with E-state index in [0.29, 0.717) is 23.7 Å². The van der Waals surface area contributed by atoms with Crippen molar-refractivity contribution in [3.63, 3.8) is 0 Å². The number of aryl methyl sites for hydroxylation is 4. The van der Waals surface area contributed by atoms with E-state index in [1.54, 1.807) is 0 Å². The molecule has 2 aliphatic carbocycles. The fourth-order valence-electron chi connectivity index (χ4n) is 12.3. The van der Waals surface area contributed by atoms with Crippen LogP contribution in [-0.4, -0.2) is 19.9 Å². The Morgan fingerprint density at radius 2 is 0.630 bits per heavy atom. The number of benzene rings is 2. The average Bonchev–Trinajstić information content (AvgIpc) is 3.42. The molecule has 4 aromatic rings. The van der Waals surface area contributed by atoms with Crippen LogP contribution in [0.5, 0.6) is 11.5 Å². The molecule has 0 N–H and O–H groups in total. The van der Waals surface area contributed by atoms with Gasteiger partial charge >= 0.3 is 0 Å². The first-order valence-corrected chi connectivity index (χ1v) is 31.6. The predicted octanol–water partition coefficient (Wildman–Crippen LogP) is 20.5. The Bertz CT molecular complexity index is 1870. The second kappa shape index (κ2) is 35.6. The molecule has 73 heavy (non-hydrogen) atoms. The van der Waals surface area contributed by atoms with E-state index in [9.17, 15) is 0 Å². The Hall–Kier alpha value is -3.60. The molecule has 2 saturated carbocycles. The lowest BCUT2D eigenvalue weighted by Crippen LogP contribution is -2.18. The van der Waals surface area contributed by atoms with Crippen molar-refractivity contribution < 1.29 is 4.74 Å². The minimum atomic E-state index is 0.476. The normalized spacial score (nSPS) is 18.1. The second-order valence-corrected chi connectivity index (χ2v) is 23.5. The number of unbranched alkanes of at least 4 members (excludes halogenated alkanes) is 22. The maximum atomic E-state index is 7.19. The second-order valence-electron chi connectivity index (χ2n) is 23.5. The van der Waals surface area contributed by atoms with Gasteiger partial charge < -0.3 is 4.74 Å². The van der Waals surface area contributed by atoms with Gasteiger partial charge in [-0.2, -0.15) is 0 Å². The zero-order chi connectivity index (χ0) is 51.0. The molecule has 404 valence electrons. The van der Waals surface area contributed by atoms with E-state index in [-0.39, 0.29) is 0 Å². The number of aromatic nitrogens is 4. The first kappa shape index (κ1) is 58.7. The molecular formula is C68H106N4O. The van der Waals surface area contributed by atoms with Crippen LogP contribution in [0.25, 0.3) is 0 Å². The summed E-state index contributed by atoms with van der Waals surface area (Å²) in [5.74, 6) is 6.54. The van der Waals surface area contributed by atoms with Crippen molar-refractivity contribution in [2.45, 2.75) is 296 Å². The van der Waals surface area contributed by atoms with Crippen LogP contribution in [-0.2, 0) is 38.5 Å². The Morgan fingerprint density at radius 3 is 0.973 bits per heavy atom. The van der Waals surface area contributed by atoms with Crippen molar-refractivity contribution >= 4 is 0 Å². The van der Waals surface area contributed by atoms with Gasteiger partial charge in [0.05, 0.1) is 0 Å². The van der Waals surface area contributed by atoms with Crippen LogP contribution in [0.15, 0.2) is 61.2 Å². The van der Waals surface area contributed by atoms with Crippen molar-refractivity contribution in [1.82, 2.24) is 19.9 Å². The highest BCUT2D eigenvalue weighted by Gasteiger charge is 2.28. The van der Waals surface area contributed by atoms with Crippen LogP contribution < -0.4 is 4.74 Å². The summed E-state index contributed by atoms with van der Waals surface area (Å²) in [6, 6.07) is 14.4. The highest BCUT2D eigenvalue weighted by Crippen LogP contribution is 2.41. The SMILES string of the molecule is CCCCCCCCCCCCc1cnc([C@H]2CC[C@H](Cc3cc(CCCCC)ccc3Oc3ccc(CCCCC)cc3C[C@H]3CC[C@H](c4ncc(CCCCCCCCCCCC)cn4)CC3)CC2)nc1. The van der Waals surface area contributed by atoms with Crippen LogP contribution >= 0.6 is 0 Å². The van der Waals surface area contributed by atoms with E-state index in [2.05, 4.69) is 88.9 Å². The third-order valence-electron chi connectivity index (χ3n) is 17.1. The summed E-state index contributed by atoms with van der Waals surface area (Å²) in [7, 11) is 0. The van der Waals surface area contributed by atoms with Crippen molar-refractivity contribution in [2.75, 3.05) is 0 Å². The van der Waals surface area contributed by atoms with Crippen LogP contribution in [0.3, 0.4) is 0 Å². The van der Waals surface area contributed by atoms with E-state index in [4.69, 9.17) is 24.7 Å². The first-order valence-electron chi connectivity index (χ1n) is 31.6. The quantitative estimate of drug-likeness (QED) is 0.0419. The fraction of sp³-hybridized carbons (Fsp3) is 0.706. The van der Waals surface area contributed by atoms with E-state index >= 15 is 0 Å². The lowest BCUT2D eigenvalue weighted by atomic mass is 9.78. The number of nitrogens with zero attached hydrogens (tertiary/aromatic N) is 4. The molecule has 2 aliphatic rings. The molecule has 0 aliphatic heterocycles. The van der Waals surface area contributed by atoms with E-state index < -0.39 is 0 Å². The van der Waals surface area contributed by atoms with Crippen molar-refractivity contribution in [3.05, 3.63) is 106 Å². The maximum absolute atomic E-state index is 7.19. The van der Waals surface area contributed by atoms with Gasteiger partial charge in [0.2, 0.25) is 0 Å². The molecule has 2 heterocycles. The predicted molar refractivity (Wildman–Crippen MR) is 311 cm³/mol. The molecule has 0 saturated heterocycles. The summed E-state index contributed by atoms with van der Waals surface area (Å²) in [4.78, 5) is 19.9. The van der Waals surface area contributed by atoms with Gasteiger partial charge in [-0.25, -0.2) is 19.9 Å². The molecule has 5 heteroatoms. The van der Waals surface area contributed by atoms with Crippen molar-refractivity contribution in [1.29, 1.82) is 0 Å². The summed E-state index contributed by atoms with van der Waals surface area (Å²) in [6.45, 7) is 9.22. The summed E-state index contributed by atoms with van der Waals surface area (Å²) in [6.07, 6.45) is 60.0. The number of rotatable bonds is 38. The van der Waals surface area contributed by atoms with Gasteiger partial charge in [0.25, 0.3) is 0 Å². The highest BCUT2D eigenvalue weighted by molar-refractivity contribution is 5.45. The maximum Gasteiger partial charge on any atom is 0.131 e. The molecule has 0 bridgehead atoms. The Morgan fingerprint density at radius 1 is 0.342 bits per heavy atom. The standard InChI is InChI=1S/C68H106N4O/c1-5-9-13-15-17-19-21-23-25-29-33-59-51-69-67(70-52-59)61-41-35-57(36-42-61)49-63-47-55(31-27-11-7-3)39-45-65(63)73-66-46-40-56(32-28-12-8-4)48-64(66)50-58-37-43-62(44-38-58)68-71-53-60(54-72-68)34-30-26-24-22-20-18-16-14-10-6-2/h39-40,45-48,51-54,57-58,61-62H,5-38,41-44,49-50H2,1-4H3/t57-,58-,61-,62-. The van der Waals surface area contributed by atoms with Gasteiger partial charge in [-0.05, 0) is 173 Å². The molecule has 2 aromatic carbocycles. The lowest BCUT2D eigenvalue weighted by molar-refractivity contribution is 0.312. The summed E-state index contributed by atoms with van der Waals surface area (Å²) in [5.41, 5.74) is 8.35. The van der Waals surface area contributed by atoms with Gasteiger partial charge in [0.1, 0.15) is 23.1 Å². The van der Waals surface area contributed by atoms with Gasteiger partial charge in [0, 0.05) is 36.6 Å². The van der Waals surface area contributed by atoms with Crippen LogP contribution in [0.1, 0.15) is 303 Å².